The van der Waals surface area contributed by atoms with Gasteiger partial charge in [0.15, 0.2) is 0 Å². The standard InChI is InChI=1S/C36H40N2O/c39-36-34(28-37(24-30-14-5-1-6-15-30)25-31-16-7-2-8-17-31)22-13-23-35(36)29-38(26-32-18-9-3-10-19-32)27-33-20-11-4-12-21-33/h1-12,14-21,34-35H,13,22-29H2/t34-,35-/m1/s1. The summed E-state index contributed by atoms with van der Waals surface area (Å²) in [6, 6.07) is 42.6. The van der Waals surface area contributed by atoms with Crippen LogP contribution in [0.5, 0.6) is 0 Å². The number of nitrogens with zero attached hydrogens (tertiary/aromatic N) is 2. The highest BCUT2D eigenvalue weighted by atomic mass is 16.1. The van der Waals surface area contributed by atoms with Crippen molar-refractivity contribution in [2.45, 2.75) is 45.4 Å². The monoisotopic (exact) mass is 516 g/mol. The minimum atomic E-state index is 0.0893. The van der Waals surface area contributed by atoms with Crippen LogP contribution in [0.4, 0.5) is 0 Å². The first-order valence-electron chi connectivity index (χ1n) is 14.4. The van der Waals surface area contributed by atoms with Crippen molar-refractivity contribution in [1.82, 2.24) is 9.80 Å². The Balaban J connectivity index is 1.28. The molecule has 1 fully saturated rings. The van der Waals surface area contributed by atoms with Gasteiger partial charge >= 0.3 is 0 Å². The highest BCUT2D eigenvalue weighted by molar-refractivity contribution is 5.84. The largest absolute Gasteiger partial charge is 0.299 e. The number of carbonyl (C=O) groups is 1. The van der Waals surface area contributed by atoms with E-state index in [2.05, 4.69) is 131 Å². The minimum absolute atomic E-state index is 0.0893. The summed E-state index contributed by atoms with van der Waals surface area (Å²) in [5.41, 5.74) is 5.19. The molecule has 1 aliphatic rings. The molecule has 0 aliphatic heterocycles. The molecule has 0 bridgehead atoms. The molecular formula is C36H40N2O. The van der Waals surface area contributed by atoms with E-state index in [4.69, 9.17) is 0 Å². The van der Waals surface area contributed by atoms with Gasteiger partial charge in [0.1, 0.15) is 5.78 Å². The molecule has 5 rings (SSSR count). The quantitative estimate of drug-likeness (QED) is 0.196. The molecule has 200 valence electrons. The summed E-state index contributed by atoms with van der Waals surface area (Å²) in [6.07, 6.45) is 3.11. The Hall–Kier alpha value is -3.53. The van der Waals surface area contributed by atoms with Gasteiger partial charge in [0.05, 0.1) is 0 Å². The lowest BCUT2D eigenvalue weighted by Crippen LogP contribution is -2.42. The van der Waals surface area contributed by atoms with Crippen LogP contribution in [0.1, 0.15) is 41.5 Å². The predicted molar refractivity (Wildman–Crippen MR) is 160 cm³/mol. The van der Waals surface area contributed by atoms with E-state index in [0.717, 1.165) is 58.5 Å². The Morgan fingerprint density at radius 2 is 0.744 bits per heavy atom. The highest BCUT2D eigenvalue weighted by Crippen LogP contribution is 2.29. The Morgan fingerprint density at radius 3 is 1.03 bits per heavy atom. The number of ketones is 1. The molecule has 0 saturated heterocycles. The number of hydrogen-bond donors (Lipinski definition) is 0. The Bertz CT molecular complexity index is 1080. The molecule has 3 nitrogen and oxygen atoms in total. The van der Waals surface area contributed by atoms with E-state index < -0.39 is 0 Å². The molecule has 2 atom stereocenters. The fraction of sp³-hybridized carbons (Fsp3) is 0.306. The molecule has 0 radical (unpaired) electrons. The SMILES string of the molecule is O=C1[C@@H](CN(Cc2ccccc2)Cc2ccccc2)CCC[C@@H]1CN(Cc1ccccc1)Cc1ccccc1. The van der Waals surface area contributed by atoms with Gasteiger partial charge in [-0.2, -0.15) is 0 Å². The van der Waals surface area contributed by atoms with E-state index >= 15 is 0 Å². The highest BCUT2D eigenvalue weighted by Gasteiger charge is 2.33. The molecule has 0 unspecified atom stereocenters. The Labute approximate surface area is 234 Å². The zero-order valence-corrected chi connectivity index (χ0v) is 22.9. The lowest BCUT2D eigenvalue weighted by atomic mass is 9.79. The van der Waals surface area contributed by atoms with Crippen molar-refractivity contribution < 1.29 is 4.79 Å². The zero-order chi connectivity index (χ0) is 26.7. The van der Waals surface area contributed by atoms with Gasteiger partial charge in [-0.25, -0.2) is 0 Å². The van der Waals surface area contributed by atoms with Crippen molar-refractivity contribution in [2.24, 2.45) is 11.8 Å². The molecule has 3 heteroatoms. The van der Waals surface area contributed by atoms with Crippen LogP contribution in [-0.4, -0.2) is 28.7 Å². The molecule has 0 N–H and O–H groups in total. The average molecular weight is 517 g/mol. The molecule has 1 aliphatic carbocycles. The number of benzene rings is 4. The van der Waals surface area contributed by atoms with Gasteiger partial charge < -0.3 is 0 Å². The van der Waals surface area contributed by atoms with Crippen molar-refractivity contribution >= 4 is 5.78 Å². The molecule has 0 amide bonds. The van der Waals surface area contributed by atoms with E-state index in [1.807, 2.05) is 0 Å². The normalized spacial score (nSPS) is 17.5. The van der Waals surface area contributed by atoms with Crippen LogP contribution < -0.4 is 0 Å². The lowest BCUT2D eigenvalue weighted by molar-refractivity contribution is -0.130. The fourth-order valence-corrected chi connectivity index (χ4v) is 5.95. The van der Waals surface area contributed by atoms with E-state index in [1.165, 1.54) is 22.3 Å². The molecule has 1 saturated carbocycles. The van der Waals surface area contributed by atoms with Gasteiger partial charge in [0.25, 0.3) is 0 Å². The van der Waals surface area contributed by atoms with Crippen LogP contribution in [0.3, 0.4) is 0 Å². The van der Waals surface area contributed by atoms with Gasteiger partial charge in [-0.1, -0.05) is 128 Å². The molecular weight excluding hydrogens is 476 g/mol. The van der Waals surface area contributed by atoms with Gasteiger partial charge in [0, 0.05) is 51.1 Å². The number of rotatable bonds is 12. The second-order valence-electron chi connectivity index (χ2n) is 11.0. The summed E-state index contributed by atoms with van der Waals surface area (Å²) in [7, 11) is 0. The maximum atomic E-state index is 14.0. The molecule has 0 heterocycles. The smallest absolute Gasteiger partial charge is 0.141 e. The van der Waals surface area contributed by atoms with Crippen molar-refractivity contribution in [2.75, 3.05) is 13.1 Å². The lowest BCUT2D eigenvalue weighted by Gasteiger charge is -2.35. The first-order chi connectivity index (χ1) is 19.2. The maximum absolute atomic E-state index is 14.0. The second-order valence-corrected chi connectivity index (χ2v) is 11.0. The third kappa shape index (κ3) is 8.23. The molecule has 0 aromatic heterocycles. The van der Waals surface area contributed by atoms with Gasteiger partial charge in [0.2, 0.25) is 0 Å². The van der Waals surface area contributed by atoms with Crippen molar-refractivity contribution in [1.29, 1.82) is 0 Å². The van der Waals surface area contributed by atoms with Crippen LogP contribution >= 0.6 is 0 Å². The summed E-state index contributed by atoms with van der Waals surface area (Å²) in [5.74, 6) is 0.636. The maximum Gasteiger partial charge on any atom is 0.141 e. The predicted octanol–water partition coefficient (Wildman–Crippen LogP) is 7.38. The van der Waals surface area contributed by atoms with Crippen LogP contribution in [0.15, 0.2) is 121 Å². The minimum Gasteiger partial charge on any atom is -0.299 e. The van der Waals surface area contributed by atoms with Crippen LogP contribution in [0.2, 0.25) is 0 Å². The van der Waals surface area contributed by atoms with E-state index in [9.17, 15) is 4.79 Å². The van der Waals surface area contributed by atoms with E-state index in [-0.39, 0.29) is 11.8 Å². The fourth-order valence-electron chi connectivity index (χ4n) is 5.95. The molecule has 4 aromatic carbocycles. The van der Waals surface area contributed by atoms with E-state index in [1.54, 1.807) is 0 Å². The van der Waals surface area contributed by atoms with Gasteiger partial charge in [-0.05, 0) is 35.1 Å². The first-order valence-corrected chi connectivity index (χ1v) is 14.4. The molecule has 4 aromatic rings. The third-order valence-corrected chi connectivity index (χ3v) is 7.86. The average Bonchev–Trinajstić information content (AvgIpc) is 2.97. The van der Waals surface area contributed by atoms with Crippen molar-refractivity contribution in [3.63, 3.8) is 0 Å². The van der Waals surface area contributed by atoms with Crippen LogP contribution in [0.25, 0.3) is 0 Å². The summed E-state index contributed by atoms with van der Waals surface area (Å²) >= 11 is 0. The summed E-state index contributed by atoms with van der Waals surface area (Å²) in [6.45, 7) is 5.07. The topological polar surface area (TPSA) is 23.6 Å². The molecule has 0 spiro atoms. The van der Waals surface area contributed by atoms with E-state index in [0.29, 0.717) is 5.78 Å². The third-order valence-electron chi connectivity index (χ3n) is 7.86. The number of Topliss-reactive ketones (excluding diaryl/α,β-unsaturated/α-hetero) is 1. The molecule has 39 heavy (non-hydrogen) atoms. The Kier molecular flexibility index (Phi) is 9.73. The van der Waals surface area contributed by atoms with Crippen molar-refractivity contribution in [3.8, 4) is 0 Å². The summed E-state index contributed by atoms with van der Waals surface area (Å²) < 4.78 is 0. The summed E-state index contributed by atoms with van der Waals surface area (Å²) in [5, 5.41) is 0. The van der Waals surface area contributed by atoms with Crippen molar-refractivity contribution in [3.05, 3.63) is 144 Å². The van der Waals surface area contributed by atoms with Gasteiger partial charge in [-0.3, -0.25) is 14.6 Å². The number of hydrogen-bond acceptors (Lipinski definition) is 3. The first kappa shape index (κ1) is 27.1. The zero-order valence-electron chi connectivity index (χ0n) is 22.9. The van der Waals surface area contributed by atoms with Crippen LogP contribution in [-0.2, 0) is 31.0 Å². The Morgan fingerprint density at radius 1 is 0.462 bits per heavy atom. The van der Waals surface area contributed by atoms with Crippen LogP contribution in [0, 0.1) is 11.8 Å². The number of carbonyl (C=O) groups excluding carboxylic acids is 1. The summed E-state index contributed by atoms with van der Waals surface area (Å²) in [4.78, 5) is 18.9. The van der Waals surface area contributed by atoms with Gasteiger partial charge in [-0.15, -0.1) is 0 Å². The second kappa shape index (κ2) is 14.0.